The average Bonchev–Trinajstić information content (AvgIpc) is 2.75. The van der Waals surface area contributed by atoms with E-state index in [9.17, 15) is 14.7 Å². The summed E-state index contributed by atoms with van der Waals surface area (Å²) in [7, 11) is 3.72. The second-order valence-electron chi connectivity index (χ2n) is 7.82. The number of carbonyl (C=O) groups excluding carboxylic acids is 2. The van der Waals surface area contributed by atoms with Crippen LogP contribution in [0.1, 0.15) is 46.6 Å². The predicted octanol–water partition coefficient (Wildman–Crippen LogP) is 1.35. The predicted molar refractivity (Wildman–Crippen MR) is 114 cm³/mol. The zero-order valence-electron chi connectivity index (χ0n) is 17.3. The van der Waals surface area contributed by atoms with Gasteiger partial charge >= 0.3 is 0 Å². The largest absolute Gasteiger partial charge is 0.371 e. The number of nitrogens with two attached hydrogens (primary N) is 1. The number of aliphatic hydroxyl groups is 1. The number of rotatable bonds is 6. The van der Waals surface area contributed by atoms with Crippen molar-refractivity contribution in [3.8, 4) is 23.2 Å². The fourth-order valence-electron chi connectivity index (χ4n) is 3.39. The monoisotopic (exact) mass is 406 g/mol. The van der Waals surface area contributed by atoms with Crippen molar-refractivity contribution in [1.82, 2.24) is 14.9 Å². The van der Waals surface area contributed by atoms with Crippen LogP contribution in [-0.2, 0) is 17.6 Å². The van der Waals surface area contributed by atoms with E-state index in [1.54, 1.807) is 18.2 Å². The van der Waals surface area contributed by atoms with Gasteiger partial charge < -0.3 is 15.7 Å². The van der Waals surface area contributed by atoms with Gasteiger partial charge in [0, 0.05) is 35.3 Å². The highest BCUT2D eigenvalue weighted by molar-refractivity contribution is 5.93. The van der Waals surface area contributed by atoms with E-state index in [-0.39, 0.29) is 12.1 Å². The van der Waals surface area contributed by atoms with Crippen molar-refractivity contribution < 1.29 is 14.7 Å². The van der Waals surface area contributed by atoms with Gasteiger partial charge in [-0.1, -0.05) is 24.0 Å². The van der Waals surface area contributed by atoms with Crippen LogP contribution in [0.5, 0.6) is 0 Å². The van der Waals surface area contributed by atoms with Crippen LogP contribution in [0.25, 0.3) is 11.4 Å². The first-order valence-electron chi connectivity index (χ1n) is 9.98. The highest BCUT2D eigenvalue weighted by Crippen LogP contribution is 2.26. The van der Waals surface area contributed by atoms with Crippen LogP contribution in [0, 0.1) is 11.8 Å². The van der Waals surface area contributed by atoms with Crippen LogP contribution in [0.2, 0.25) is 0 Å². The molecule has 0 fully saturated rings. The number of nitrogens with zero attached hydrogens (tertiary/aromatic N) is 3. The van der Waals surface area contributed by atoms with Crippen molar-refractivity contribution in [2.24, 2.45) is 5.73 Å². The summed E-state index contributed by atoms with van der Waals surface area (Å²) in [5.41, 5.74) is 7.16. The summed E-state index contributed by atoms with van der Waals surface area (Å²) in [5.74, 6) is 5.42. The molecule has 0 bridgehead atoms. The maximum Gasteiger partial charge on any atom is 0.267 e. The molecule has 1 amide bonds. The minimum atomic E-state index is -1.71. The lowest BCUT2D eigenvalue weighted by Crippen LogP contribution is -2.33. The molecular formula is C23H26N4O3. The standard InChI is InChI=1S/C23H26N4O3/c1-27(2)13-12-23(30,15-28)11-10-16-6-5-7-17(14-16)22-25-19-9-4-3-8-18(19)20(26-22)21(24)29/h5-7,14-15,30H,3-4,8-9,12-13H2,1-2H3,(H2,24,29)/t23-/m0/s1. The van der Waals surface area contributed by atoms with Gasteiger partial charge in [-0.2, -0.15) is 0 Å². The van der Waals surface area contributed by atoms with E-state index in [1.807, 2.05) is 25.1 Å². The second kappa shape index (κ2) is 9.16. The van der Waals surface area contributed by atoms with Gasteiger partial charge in [-0.25, -0.2) is 9.97 Å². The van der Waals surface area contributed by atoms with E-state index in [1.165, 1.54) is 0 Å². The summed E-state index contributed by atoms with van der Waals surface area (Å²) < 4.78 is 0. The van der Waals surface area contributed by atoms with Gasteiger partial charge in [-0.15, -0.1) is 0 Å². The highest BCUT2D eigenvalue weighted by atomic mass is 16.3. The van der Waals surface area contributed by atoms with Gasteiger partial charge in [-0.3, -0.25) is 9.59 Å². The smallest absolute Gasteiger partial charge is 0.267 e. The molecule has 0 unspecified atom stereocenters. The maximum absolute atomic E-state index is 11.9. The lowest BCUT2D eigenvalue weighted by atomic mass is 9.94. The van der Waals surface area contributed by atoms with Crippen LogP contribution >= 0.6 is 0 Å². The van der Waals surface area contributed by atoms with Crippen molar-refractivity contribution in [3.63, 3.8) is 0 Å². The quantitative estimate of drug-likeness (QED) is 0.554. The van der Waals surface area contributed by atoms with E-state index in [4.69, 9.17) is 5.73 Å². The number of amides is 1. The van der Waals surface area contributed by atoms with Crippen molar-refractivity contribution in [1.29, 1.82) is 0 Å². The molecule has 1 aliphatic carbocycles. The molecule has 1 atom stereocenters. The first-order chi connectivity index (χ1) is 14.3. The highest BCUT2D eigenvalue weighted by Gasteiger charge is 2.23. The Hall–Kier alpha value is -3.08. The van der Waals surface area contributed by atoms with Crippen LogP contribution in [0.3, 0.4) is 0 Å². The summed E-state index contributed by atoms with van der Waals surface area (Å²) in [5, 5.41) is 10.4. The van der Waals surface area contributed by atoms with Gasteiger partial charge in [0.2, 0.25) is 0 Å². The number of primary amides is 1. The second-order valence-corrected chi connectivity index (χ2v) is 7.82. The van der Waals surface area contributed by atoms with Crippen LogP contribution in [-0.4, -0.2) is 58.4 Å². The van der Waals surface area contributed by atoms with Crippen molar-refractivity contribution in [2.45, 2.75) is 37.7 Å². The third-order valence-electron chi connectivity index (χ3n) is 5.10. The minimum absolute atomic E-state index is 0.214. The van der Waals surface area contributed by atoms with Crippen molar-refractivity contribution >= 4 is 12.2 Å². The fourth-order valence-corrected chi connectivity index (χ4v) is 3.39. The molecule has 30 heavy (non-hydrogen) atoms. The molecule has 1 heterocycles. The molecule has 0 spiro atoms. The maximum atomic E-state index is 11.9. The Labute approximate surface area is 176 Å². The fraction of sp³-hybridized carbons (Fsp3) is 0.391. The van der Waals surface area contributed by atoms with Crippen molar-refractivity contribution in [2.75, 3.05) is 20.6 Å². The number of hydrogen-bond acceptors (Lipinski definition) is 6. The molecule has 156 valence electrons. The van der Waals surface area contributed by atoms with E-state index in [0.29, 0.717) is 29.8 Å². The molecule has 0 aliphatic heterocycles. The lowest BCUT2D eigenvalue weighted by molar-refractivity contribution is -0.119. The average molecular weight is 406 g/mol. The third kappa shape index (κ3) is 5.09. The van der Waals surface area contributed by atoms with E-state index < -0.39 is 11.5 Å². The normalized spacial score (nSPS) is 14.9. The summed E-state index contributed by atoms with van der Waals surface area (Å²) in [6.07, 6.45) is 4.25. The zero-order valence-corrected chi connectivity index (χ0v) is 17.3. The number of aromatic nitrogens is 2. The van der Waals surface area contributed by atoms with Gasteiger partial charge in [0.25, 0.3) is 5.91 Å². The van der Waals surface area contributed by atoms with E-state index >= 15 is 0 Å². The molecule has 1 aromatic carbocycles. The Bertz CT molecular complexity index is 1020. The number of hydrogen-bond donors (Lipinski definition) is 2. The molecule has 7 nitrogen and oxygen atoms in total. The molecule has 0 radical (unpaired) electrons. The molecule has 1 aliphatic rings. The topological polar surface area (TPSA) is 109 Å². The van der Waals surface area contributed by atoms with Gasteiger partial charge in [0.1, 0.15) is 5.69 Å². The Balaban J connectivity index is 1.94. The Morgan fingerprint density at radius 3 is 2.77 bits per heavy atom. The summed E-state index contributed by atoms with van der Waals surface area (Å²) in [6, 6.07) is 7.19. The number of benzene rings is 1. The third-order valence-corrected chi connectivity index (χ3v) is 5.10. The minimum Gasteiger partial charge on any atom is -0.371 e. The van der Waals surface area contributed by atoms with E-state index in [0.717, 1.165) is 36.9 Å². The molecular weight excluding hydrogens is 380 g/mol. The first-order valence-corrected chi connectivity index (χ1v) is 9.98. The molecule has 0 saturated carbocycles. The van der Waals surface area contributed by atoms with Crippen molar-refractivity contribution in [3.05, 3.63) is 46.8 Å². The number of aldehydes is 1. The van der Waals surface area contributed by atoms with Gasteiger partial charge in [0.15, 0.2) is 17.7 Å². The summed E-state index contributed by atoms with van der Waals surface area (Å²) >= 11 is 0. The summed E-state index contributed by atoms with van der Waals surface area (Å²) in [4.78, 5) is 34.2. The summed E-state index contributed by atoms with van der Waals surface area (Å²) in [6.45, 7) is 0.531. The van der Waals surface area contributed by atoms with Crippen LogP contribution < -0.4 is 5.73 Å². The van der Waals surface area contributed by atoms with Gasteiger partial charge in [0.05, 0.1) is 0 Å². The van der Waals surface area contributed by atoms with E-state index in [2.05, 4.69) is 21.8 Å². The molecule has 7 heteroatoms. The SMILES string of the molecule is CN(C)CC[C@@](O)(C#Cc1cccc(-c2nc3c(c(C(N)=O)n2)CCCC3)c1)C=O. The number of carbonyl (C=O) groups is 2. The Morgan fingerprint density at radius 2 is 2.07 bits per heavy atom. The van der Waals surface area contributed by atoms with Gasteiger partial charge in [-0.05, 0) is 51.9 Å². The molecule has 0 saturated heterocycles. The lowest BCUT2D eigenvalue weighted by Gasteiger charge is -2.18. The number of aryl methyl sites for hydroxylation is 1. The number of fused-ring (bicyclic) bond motifs is 1. The zero-order chi connectivity index (χ0) is 21.7. The molecule has 1 aromatic heterocycles. The molecule has 2 aromatic rings. The van der Waals surface area contributed by atoms with Crippen LogP contribution in [0.4, 0.5) is 0 Å². The molecule has 3 N–H and O–H groups in total. The Morgan fingerprint density at radius 1 is 1.30 bits per heavy atom. The molecule has 3 rings (SSSR count). The first kappa shape index (κ1) is 21.6. The Kier molecular flexibility index (Phi) is 6.60. The van der Waals surface area contributed by atoms with Crippen LogP contribution in [0.15, 0.2) is 24.3 Å².